The molecule has 90 valence electrons. The summed E-state index contributed by atoms with van der Waals surface area (Å²) in [4.78, 5) is 9.05. The van der Waals surface area contributed by atoms with Crippen molar-refractivity contribution in [2.45, 2.75) is 25.2 Å². The third-order valence-electron chi connectivity index (χ3n) is 3.85. The Morgan fingerprint density at radius 1 is 1.22 bits per heavy atom. The molecule has 18 heavy (non-hydrogen) atoms. The van der Waals surface area contributed by atoms with E-state index in [-0.39, 0.29) is 0 Å². The number of nitrogens with zero attached hydrogens (tertiary/aromatic N) is 2. The zero-order valence-corrected chi connectivity index (χ0v) is 10.1. The van der Waals surface area contributed by atoms with Gasteiger partial charge in [0.1, 0.15) is 0 Å². The van der Waals surface area contributed by atoms with Gasteiger partial charge in [-0.15, -0.1) is 0 Å². The SMILES string of the molecule is c1cnc2c(c1)C(c1ccc3c(n1)OCCC3)C2. The lowest BCUT2D eigenvalue weighted by atomic mass is 9.79. The molecule has 3 nitrogen and oxygen atoms in total. The maximum atomic E-state index is 5.64. The molecule has 0 spiro atoms. The van der Waals surface area contributed by atoms with Gasteiger partial charge in [0.2, 0.25) is 5.88 Å². The summed E-state index contributed by atoms with van der Waals surface area (Å²) >= 11 is 0. The molecule has 1 aliphatic heterocycles. The fraction of sp³-hybridized carbons (Fsp3) is 0.333. The summed E-state index contributed by atoms with van der Waals surface area (Å²) < 4.78 is 5.64. The van der Waals surface area contributed by atoms with E-state index in [1.165, 1.54) is 16.8 Å². The van der Waals surface area contributed by atoms with Crippen LogP contribution in [-0.4, -0.2) is 16.6 Å². The molecule has 2 aromatic rings. The number of hydrogen-bond acceptors (Lipinski definition) is 3. The van der Waals surface area contributed by atoms with Crippen molar-refractivity contribution in [3.63, 3.8) is 0 Å². The Kier molecular flexibility index (Phi) is 2.13. The number of rotatable bonds is 1. The van der Waals surface area contributed by atoms with Crippen molar-refractivity contribution in [3.05, 3.63) is 53.0 Å². The van der Waals surface area contributed by atoms with E-state index in [0.29, 0.717) is 5.92 Å². The zero-order chi connectivity index (χ0) is 11.9. The van der Waals surface area contributed by atoms with E-state index in [1.807, 2.05) is 12.3 Å². The molecule has 1 atom stereocenters. The summed E-state index contributed by atoms with van der Waals surface area (Å²) in [5.41, 5.74) is 4.90. The maximum absolute atomic E-state index is 5.64. The quantitative estimate of drug-likeness (QED) is 0.765. The van der Waals surface area contributed by atoms with Crippen molar-refractivity contribution in [3.8, 4) is 5.88 Å². The topological polar surface area (TPSA) is 35.0 Å². The minimum absolute atomic E-state index is 0.407. The second kappa shape index (κ2) is 3.80. The van der Waals surface area contributed by atoms with E-state index in [4.69, 9.17) is 4.74 Å². The summed E-state index contributed by atoms with van der Waals surface area (Å²) in [6, 6.07) is 8.47. The molecule has 0 N–H and O–H groups in total. The lowest BCUT2D eigenvalue weighted by molar-refractivity contribution is 0.275. The normalized spacial score (nSPS) is 20.3. The zero-order valence-electron chi connectivity index (χ0n) is 10.1. The van der Waals surface area contributed by atoms with E-state index in [2.05, 4.69) is 28.2 Å². The number of aromatic nitrogens is 2. The monoisotopic (exact) mass is 238 g/mol. The highest BCUT2D eigenvalue weighted by Gasteiger charge is 2.30. The summed E-state index contributed by atoms with van der Waals surface area (Å²) in [6.07, 6.45) is 5.05. The second-order valence-electron chi connectivity index (χ2n) is 4.95. The van der Waals surface area contributed by atoms with Crippen LogP contribution in [0.1, 0.15) is 34.9 Å². The van der Waals surface area contributed by atoms with Gasteiger partial charge in [-0.2, -0.15) is 0 Å². The molecule has 0 bridgehead atoms. The molecule has 2 aliphatic rings. The van der Waals surface area contributed by atoms with Crippen LogP contribution in [0.5, 0.6) is 5.88 Å². The van der Waals surface area contributed by atoms with E-state index >= 15 is 0 Å². The van der Waals surface area contributed by atoms with Gasteiger partial charge in [-0.05, 0) is 30.5 Å². The highest BCUT2D eigenvalue weighted by Crippen LogP contribution is 2.39. The van der Waals surface area contributed by atoms with Crippen molar-refractivity contribution in [2.24, 2.45) is 0 Å². The molecule has 0 saturated heterocycles. The molecular formula is C15H14N2O. The molecule has 0 fully saturated rings. The predicted molar refractivity (Wildman–Crippen MR) is 67.8 cm³/mol. The molecule has 1 unspecified atom stereocenters. The van der Waals surface area contributed by atoms with Gasteiger partial charge >= 0.3 is 0 Å². The van der Waals surface area contributed by atoms with Crippen LogP contribution >= 0.6 is 0 Å². The number of pyridine rings is 2. The lowest BCUT2D eigenvalue weighted by Gasteiger charge is -2.29. The van der Waals surface area contributed by atoms with E-state index in [0.717, 1.165) is 37.4 Å². The first-order valence-corrected chi connectivity index (χ1v) is 6.48. The molecule has 0 saturated carbocycles. The highest BCUT2D eigenvalue weighted by atomic mass is 16.5. The predicted octanol–water partition coefficient (Wildman–Crippen LogP) is 2.49. The van der Waals surface area contributed by atoms with Gasteiger partial charge in [-0.25, -0.2) is 4.98 Å². The first-order valence-electron chi connectivity index (χ1n) is 6.48. The smallest absolute Gasteiger partial charge is 0.216 e. The van der Waals surface area contributed by atoms with Gasteiger partial charge in [0.15, 0.2) is 0 Å². The van der Waals surface area contributed by atoms with Crippen molar-refractivity contribution < 1.29 is 4.74 Å². The van der Waals surface area contributed by atoms with Crippen molar-refractivity contribution >= 4 is 0 Å². The van der Waals surface area contributed by atoms with Crippen LogP contribution in [0.25, 0.3) is 0 Å². The van der Waals surface area contributed by atoms with Crippen molar-refractivity contribution in [2.75, 3.05) is 6.61 Å². The van der Waals surface area contributed by atoms with Crippen LogP contribution in [0.15, 0.2) is 30.5 Å². The van der Waals surface area contributed by atoms with Gasteiger partial charge in [0, 0.05) is 29.8 Å². The van der Waals surface area contributed by atoms with E-state index < -0.39 is 0 Å². The molecular weight excluding hydrogens is 224 g/mol. The molecule has 4 rings (SSSR count). The summed E-state index contributed by atoms with van der Waals surface area (Å²) in [6.45, 7) is 0.798. The van der Waals surface area contributed by atoms with Gasteiger partial charge in [0.25, 0.3) is 0 Å². The second-order valence-corrected chi connectivity index (χ2v) is 4.95. The number of aryl methyl sites for hydroxylation is 1. The third kappa shape index (κ3) is 1.43. The maximum Gasteiger partial charge on any atom is 0.216 e. The van der Waals surface area contributed by atoms with Gasteiger partial charge in [-0.1, -0.05) is 12.1 Å². The molecule has 0 radical (unpaired) electrons. The fourth-order valence-electron chi connectivity index (χ4n) is 2.80. The lowest BCUT2D eigenvalue weighted by Crippen LogP contribution is -2.21. The molecule has 3 heteroatoms. The third-order valence-corrected chi connectivity index (χ3v) is 3.85. The molecule has 3 heterocycles. The van der Waals surface area contributed by atoms with Crippen LogP contribution in [-0.2, 0) is 12.8 Å². The summed E-state index contributed by atoms with van der Waals surface area (Å²) in [7, 11) is 0. The van der Waals surface area contributed by atoms with Crippen LogP contribution < -0.4 is 4.74 Å². The first kappa shape index (κ1) is 10.1. The standard InChI is InChI=1S/C15H14N2O/c1-4-11-12(9-14(11)16-7-1)13-6-5-10-3-2-8-18-15(10)17-13/h1,4-7,12H,2-3,8-9H2. The molecule has 1 aliphatic carbocycles. The Hall–Kier alpha value is -1.90. The van der Waals surface area contributed by atoms with E-state index in [1.54, 1.807) is 0 Å². The van der Waals surface area contributed by atoms with Crippen LogP contribution in [0.3, 0.4) is 0 Å². The van der Waals surface area contributed by atoms with Crippen LogP contribution in [0.2, 0.25) is 0 Å². The fourth-order valence-corrected chi connectivity index (χ4v) is 2.80. The summed E-state index contributed by atoms with van der Waals surface area (Å²) in [5.74, 6) is 1.25. The highest BCUT2D eigenvalue weighted by molar-refractivity contribution is 5.43. The number of ether oxygens (including phenoxy) is 1. The average Bonchev–Trinajstić information content (AvgIpc) is 2.40. The summed E-state index contributed by atoms with van der Waals surface area (Å²) in [5, 5.41) is 0. The van der Waals surface area contributed by atoms with Gasteiger partial charge < -0.3 is 4.74 Å². The van der Waals surface area contributed by atoms with Crippen molar-refractivity contribution in [1.29, 1.82) is 0 Å². The Bertz CT molecular complexity index is 609. The van der Waals surface area contributed by atoms with Crippen LogP contribution in [0.4, 0.5) is 0 Å². The molecule has 2 aromatic heterocycles. The van der Waals surface area contributed by atoms with E-state index in [9.17, 15) is 0 Å². The number of hydrogen-bond donors (Lipinski definition) is 0. The number of fused-ring (bicyclic) bond motifs is 2. The van der Waals surface area contributed by atoms with Crippen LogP contribution in [0, 0.1) is 0 Å². The minimum atomic E-state index is 0.407. The molecule has 0 aromatic carbocycles. The average molecular weight is 238 g/mol. The van der Waals surface area contributed by atoms with Gasteiger partial charge in [0.05, 0.1) is 12.3 Å². The minimum Gasteiger partial charge on any atom is -0.477 e. The first-order chi connectivity index (χ1) is 8.92. The Labute approximate surface area is 106 Å². The Balaban J connectivity index is 1.71. The largest absolute Gasteiger partial charge is 0.477 e. The molecule has 0 amide bonds. The Morgan fingerprint density at radius 3 is 3.17 bits per heavy atom. The Morgan fingerprint density at radius 2 is 2.22 bits per heavy atom. The van der Waals surface area contributed by atoms with Crippen molar-refractivity contribution in [1.82, 2.24) is 9.97 Å². The van der Waals surface area contributed by atoms with Gasteiger partial charge in [-0.3, -0.25) is 4.98 Å².